The van der Waals surface area contributed by atoms with Crippen LogP contribution in [0.2, 0.25) is 0 Å². The quantitative estimate of drug-likeness (QED) is 0.860. The number of thioether (sulfide) groups is 1. The number of hydrogen-bond acceptors (Lipinski definition) is 6. The molecular formula is C10H16N4OS2. The van der Waals surface area contributed by atoms with Crippen LogP contribution >= 0.6 is 23.1 Å². The lowest BCUT2D eigenvalue weighted by molar-refractivity contribution is -0.116. The lowest BCUT2D eigenvalue weighted by Crippen LogP contribution is -2.39. The van der Waals surface area contributed by atoms with Gasteiger partial charge in [-0.05, 0) is 6.42 Å². The van der Waals surface area contributed by atoms with E-state index >= 15 is 0 Å². The minimum atomic E-state index is 0.0174. The van der Waals surface area contributed by atoms with Gasteiger partial charge in [0.1, 0.15) is 5.01 Å². The van der Waals surface area contributed by atoms with Gasteiger partial charge in [0, 0.05) is 30.5 Å². The van der Waals surface area contributed by atoms with Crippen molar-refractivity contribution in [2.45, 2.75) is 25.8 Å². The highest BCUT2D eigenvalue weighted by molar-refractivity contribution is 7.99. The Balaban J connectivity index is 1.79. The molecule has 0 aromatic carbocycles. The van der Waals surface area contributed by atoms with Gasteiger partial charge in [-0.3, -0.25) is 4.79 Å². The number of hydrogen-bond donors (Lipinski definition) is 2. The Morgan fingerprint density at radius 2 is 2.47 bits per heavy atom. The molecule has 1 aromatic heterocycles. The molecule has 0 spiro atoms. The standard InChI is InChI=1S/C10H16N4OS2/c1-2-9-13-14-10(17-9)12-8(15)5-7-6-16-4-3-11-7/h7,11H,2-6H2,1H3,(H,12,14,15). The molecule has 0 aliphatic carbocycles. The van der Waals surface area contributed by atoms with E-state index in [0.717, 1.165) is 29.5 Å². The lowest BCUT2D eigenvalue weighted by atomic mass is 10.2. The number of nitrogens with one attached hydrogen (secondary N) is 2. The topological polar surface area (TPSA) is 66.9 Å². The van der Waals surface area contributed by atoms with Gasteiger partial charge >= 0.3 is 0 Å². The molecule has 17 heavy (non-hydrogen) atoms. The first-order valence-electron chi connectivity index (χ1n) is 5.71. The number of carbonyl (C=O) groups excluding carboxylic acids is 1. The fraction of sp³-hybridized carbons (Fsp3) is 0.700. The Morgan fingerprint density at radius 3 is 3.12 bits per heavy atom. The number of amides is 1. The summed E-state index contributed by atoms with van der Waals surface area (Å²) in [6.45, 7) is 3.01. The SMILES string of the molecule is CCc1nnc(NC(=O)CC2CSCCN2)s1. The van der Waals surface area contributed by atoms with E-state index in [1.165, 1.54) is 11.3 Å². The first kappa shape index (κ1) is 12.8. The van der Waals surface area contributed by atoms with Crippen LogP contribution in [0.4, 0.5) is 5.13 Å². The van der Waals surface area contributed by atoms with Crippen molar-refractivity contribution in [3.05, 3.63) is 5.01 Å². The van der Waals surface area contributed by atoms with Gasteiger partial charge in [0.25, 0.3) is 0 Å². The highest BCUT2D eigenvalue weighted by Gasteiger charge is 2.17. The minimum absolute atomic E-state index is 0.0174. The Morgan fingerprint density at radius 1 is 1.59 bits per heavy atom. The van der Waals surface area contributed by atoms with Gasteiger partial charge in [0.05, 0.1) is 0 Å². The molecule has 1 atom stereocenters. The molecule has 1 aliphatic rings. The molecule has 7 heteroatoms. The smallest absolute Gasteiger partial charge is 0.227 e. The molecule has 5 nitrogen and oxygen atoms in total. The van der Waals surface area contributed by atoms with Gasteiger partial charge < -0.3 is 10.6 Å². The lowest BCUT2D eigenvalue weighted by Gasteiger charge is -2.22. The first-order valence-corrected chi connectivity index (χ1v) is 7.68. The second-order valence-electron chi connectivity index (χ2n) is 3.83. The van der Waals surface area contributed by atoms with Gasteiger partial charge in [0.2, 0.25) is 11.0 Å². The maximum Gasteiger partial charge on any atom is 0.227 e. The monoisotopic (exact) mass is 272 g/mol. The normalized spacial score (nSPS) is 20.2. The molecule has 2 N–H and O–H groups in total. The number of aromatic nitrogens is 2. The van der Waals surface area contributed by atoms with Crippen molar-refractivity contribution in [3.8, 4) is 0 Å². The summed E-state index contributed by atoms with van der Waals surface area (Å²) >= 11 is 3.33. The zero-order valence-electron chi connectivity index (χ0n) is 9.73. The van der Waals surface area contributed by atoms with Crippen LogP contribution in [0.25, 0.3) is 0 Å². The fourth-order valence-corrected chi connectivity index (χ4v) is 3.24. The predicted molar refractivity (Wildman–Crippen MR) is 71.6 cm³/mol. The largest absolute Gasteiger partial charge is 0.312 e. The van der Waals surface area contributed by atoms with E-state index in [-0.39, 0.29) is 11.9 Å². The third-order valence-corrected chi connectivity index (χ3v) is 4.56. The highest BCUT2D eigenvalue weighted by atomic mass is 32.2. The summed E-state index contributed by atoms with van der Waals surface area (Å²) in [4.78, 5) is 11.8. The summed E-state index contributed by atoms with van der Waals surface area (Å²) < 4.78 is 0. The van der Waals surface area contributed by atoms with Crippen molar-refractivity contribution < 1.29 is 4.79 Å². The van der Waals surface area contributed by atoms with E-state index < -0.39 is 0 Å². The molecule has 1 fully saturated rings. The molecule has 94 valence electrons. The molecule has 0 radical (unpaired) electrons. The van der Waals surface area contributed by atoms with Gasteiger partial charge in [-0.25, -0.2) is 0 Å². The summed E-state index contributed by atoms with van der Waals surface area (Å²) in [5.41, 5.74) is 0. The average Bonchev–Trinajstić information content (AvgIpc) is 2.78. The third kappa shape index (κ3) is 3.93. The van der Waals surface area contributed by atoms with Crippen LogP contribution in [0.5, 0.6) is 0 Å². The zero-order valence-corrected chi connectivity index (χ0v) is 11.4. The van der Waals surface area contributed by atoms with E-state index in [2.05, 4.69) is 20.8 Å². The number of nitrogens with zero attached hydrogens (tertiary/aromatic N) is 2. The number of rotatable bonds is 4. The van der Waals surface area contributed by atoms with Crippen LogP contribution in [0.3, 0.4) is 0 Å². The maximum atomic E-state index is 11.8. The molecule has 2 heterocycles. The van der Waals surface area contributed by atoms with Crippen molar-refractivity contribution in [3.63, 3.8) is 0 Å². The molecule has 2 rings (SSSR count). The van der Waals surface area contributed by atoms with E-state index in [0.29, 0.717) is 11.6 Å². The zero-order chi connectivity index (χ0) is 12.1. The summed E-state index contributed by atoms with van der Waals surface area (Å²) in [7, 11) is 0. The second-order valence-corrected chi connectivity index (χ2v) is 6.04. The molecule has 1 saturated heterocycles. The van der Waals surface area contributed by atoms with E-state index in [4.69, 9.17) is 0 Å². The third-order valence-electron chi connectivity index (χ3n) is 2.45. The molecule has 0 bridgehead atoms. The molecule has 1 aliphatic heterocycles. The van der Waals surface area contributed by atoms with Crippen molar-refractivity contribution in [2.24, 2.45) is 0 Å². The van der Waals surface area contributed by atoms with Gasteiger partial charge in [-0.2, -0.15) is 11.8 Å². The van der Waals surface area contributed by atoms with Crippen molar-refractivity contribution in [1.29, 1.82) is 0 Å². The minimum Gasteiger partial charge on any atom is -0.312 e. The van der Waals surface area contributed by atoms with Crippen LogP contribution in [0.1, 0.15) is 18.4 Å². The highest BCUT2D eigenvalue weighted by Crippen LogP contribution is 2.16. The van der Waals surface area contributed by atoms with Crippen molar-refractivity contribution in [2.75, 3.05) is 23.4 Å². The molecule has 1 amide bonds. The van der Waals surface area contributed by atoms with E-state index in [1.54, 1.807) is 0 Å². The van der Waals surface area contributed by atoms with E-state index in [1.807, 2.05) is 18.7 Å². The van der Waals surface area contributed by atoms with Gasteiger partial charge in [0.15, 0.2) is 0 Å². The Kier molecular flexibility index (Phi) is 4.75. The Hall–Kier alpha value is -0.660. The molecular weight excluding hydrogens is 256 g/mol. The van der Waals surface area contributed by atoms with Gasteiger partial charge in [-0.1, -0.05) is 18.3 Å². The van der Waals surface area contributed by atoms with E-state index in [9.17, 15) is 4.79 Å². The number of carbonyl (C=O) groups is 1. The summed E-state index contributed by atoms with van der Waals surface area (Å²) in [5, 5.41) is 15.6. The Labute approximate surface area is 109 Å². The van der Waals surface area contributed by atoms with Gasteiger partial charge in [-0.15, -0.1) is 10.2 Å². The number of aryl methyl sites for hydroxylation is 1. The summed E-state index contributed by atoms with van der Waals surface area (Å²) in [5.74, 6) is 2.15. The second kappa shape index (κ2) is 6.32. The average molecular weight is 272 g/mol. The molecule has 1 unspecified atom stereocenters. The predicted octanol–water partition coefficient (Wildman–Crippen LogP) is 1.13. The summed E-state index contributed by atoms with van der Waals surface area (Å²) in [6.07, 6.45) is 1.36. The van der Waals surface area contributed by atoms with Crippen molar-refractivity contribution >= 4 is 34.1 Å². The molecule has 1 aromatic rings. The van der Waals surface area contributed by atoms with Crippen LogP contribution in [-0.4, -0.2) is 40.2 Å². The number of anilines is 1. The molecule has 0 saturated carbocycles. The fourth-order valence-electron chi connectivity index (χ4n) is 1.59. The van der Waals surface area contributed by atoms with Crippen LogP contribution in [0.15, 0.2) is 0 Å². The Bertz CT molecular complexity index is 376. The van der Waals surface area contributed by atoms with Crippen molar-refractivity contribution in [1.82, 2.24) is 15.5 Å². The first-order chi connectivity index (χ1) is 8.28. The summed E-state index contributed by atoms with van der Waals surface area (Å²) in [6, 6.07) is 0.285. The van der Waals surface area contributed by atoms with Crippen LogP contribution in [-0.2, 0) is 11.2 Å². The van der Waals surface area contributed by atoms with Crippen LogP contribution < -0.4 is 10.6 Å². The van der Waals surface area contributed by atoms with Crippen LogP contribution in [0, 0.1) is 0 Å². The maximum absolute atomic E-state index is 11.8.